The Bertz CT molecular complexity index is 534. The van der Waals surface area contributed by atoms with E-state index >= 15 is 0 Å². The predicted molar refractivity (Wildman–Crippen MR) is 107 cm³/mol. The molecule has 3 rings (SSSR count). The molecule has 0 radical (unpaired) electrons. The topological polar surface area (TPSA) is 47.6 Å². The van der Waals surface area contributed by atoms with E-state index in [9.17, 15) is 4.79 Å². The van der Waals surface area contributed by atoms with Gasteiger partial charge in [-0.15, -0.1) is 0 Å². The van der Waals surface area contributed by atoms with Gasteiger partial charge in [0.25, 0.3) is 0 Å². The first-order chi connectivity index (χ1) is 11.7. The molecule has 3 fully saturated rings. The maximum Gasteiger partial charge on any atom is 0.238 e. The third-order valence-electron chi connectivity index (χ3n) is 6.29. The fraction of sp³-hybridized carbons (Fsp3) is 0.952. The van der Waals surface area contributed by atoms with Crippen LogP contribution in [0, 0.1) is 0 Å². The molecule has 0 unspecified atom stereocenters. The van der Waals surface area contributed by atoms with Gasteiger partial charge in [0.2, 0.25) is 5.91 Å². The summed E-state index contributed by atoms with van der Waals surface area (Å²) in [4.78, 5) is 17.5. The lowest BCUT2D eigenvalue weighted by atomic mass is 9.79. The summed E-state index contributed by atoms with van der Waals surface area (Å²) in [7, 11) is 0. The van der Waals surface area contributed by atoms with E-state index in [0.29, 0.717) is 24.5 Å². The van der Waals surface area contributed by atoms with Crippen molar-refractivity contribution in [3.05, 3.63) is 0 Å². The van der Waals surface area contributed by atoms with Gasteiger partial charge in [0.15, 0.2) is 0 Å². The Kier molecular flexibility index (Phi) is 4.78. The molecule has 3 aliphatic heterocycles. The normalized spacial score (nSPS) is 32.2. The maximum atomic E-state index is 12.9. The van der Waals surface area contributed by atoms with Crippen LogP contribution in [-0.2, 0) is 4.79 Å². The molecule has 0 aromatic carbocycles. The minimum atomic E-state index is 0.0683. The van der Waals surface area contributed by atoms with Crippen LogP contribution in [0.15, 0.2) is 0 Å². The SMILES string of the molecule is CC1(C)CC(N2CC(=O)N(C3CC(C)(C)NC(C)(C)C3)C2)CC(C)(C)N1. The van der Waals surface area contributed by atoms with Gasteiger partial charge in [-0.1, -0.05) is 0 Å². The molecular weight excluding hydrogens is 324 g/mol. The summed E-state index contributed by atoms with van der Waals surface area (Å²) in [6.07, 6.45) is 4.25. The quantitative estimate of drug-likeness (QED) is 0.791. The summed E-state index contributed by atoms with van der Waals surface area (Å²) >= 11 is 0. The molecule has 0 aliphatic carbocycles. The van der Waals surface area contributed by atoms with E-state index in [1.54, 1.807) is 0 Å². The van der Waals surface area contributed by atoms with Gasteiger partial charge in [0.05, 0.1) is 13.2 Å². The highest BCUT2D eigenvalue weighted by Crippen LogP contribution is 2.36. The van der Waals surface area contributed by atoms with Crippen LogP contribution in [0.5, 0.6) is 0 Å². The number of carbonyl (C=O) groups excluding carboxylic acids is 1. The number of carbonyl (C=O) groups is 1. The first-order valence-electron chi connectivity index (χ1n) is 10.3. The van der Waals surface area contributed by atoms with Gasteiger partial charge in [-0.3, -0.25) is 9.69 Å². The highest BCUT2D eigenvalue weighted by molar-refractivity contribution is 5.80. The standard InChI is InChI=1S/C21H40N4O/c1-18(2)9-15(10-19(3,4)22-18)24-13-17(26)25(14-24)16-11-20(5,6)23-21(7,8)12-16/h15-16,22-23H,9-14H2,1-8H3. The van der Waals surface area contributed by atoms with Crippen molar-refractivity contribution in [2.75, 3.05) is 13.2 Å². The van der Waals surface area contributed by atoms with Crippen molar-refractivity contribution in [1.29, 1.82) is 0 Å². The van der Waals surface area contributed by atoms with Crippen molar-refractivity contribution < 1.29 is 4.79 Å². The van der Waals surface area contributed by atoms with Crippen LogP contribution in [0.3, 0.4) is 0 Å². The average molecular weight is 365 g/mol. The molecule has 2 N–H and O–H groups in total. The number of piperidine rings is 2. The summed E-state index contributed by atoms with van der Waals surface area (Å²) in [5.41, 5.74) is 0.362. The van der Waals surface area contributed by atoms with Crippen LogP contribution in [0.25, 0.3) is 0 Å². The van der Waals surface area contributed by atoms with E-state index < -0.39 is 0 Å². The molecule has 0 aromatic rings. The number of amides is 1. The minimum absolute atomic E-state index is 0.0683. The molecule has 150 valence electrons. The maximum absolute atomic E-state index is 12.9. The number of rotatable bonds is 2. The second kappa shape index (κ2) is 6.18. The molecule has 5 nitrogen and oxygen atoms in total. The molecule has 0 saturated carbocycles. The Morgan fingerprint density at radius 1 is 0.731 bits per heavy atom. The number of nitrogens with one attached hydrogen (secondary N) is 2. The molecule has 0 aromatic heterocycles. The Morgan fingerprint density at radius 2 is 1.12 bits per heavy atom. The van der Waals surface area contributed by atoms with E-state index in [4.69, 9.17) is 0 Å². The minimum Gasteiger partial charge on any atom is -0.325 e. The lowest BCUT2D eigenvalue weighted by Gasteiger charge is -2.50. The highest BCUT2D eigenvalue weighted by Gasteiger charge is 2.47. The Labute approximate surface area is 160 Å². The van der Waals surface area contributed by atoms with Crippen molar-refractivity contribution in [2.24, 2.45) is 0 Å². The molecule has 0 spiro atoms. The third kappa shape index (κ3) is 4.42. The number of nitrogens with zero attached hydrogens (tertiary/aromatic N) is 2. The predicted octanol–water partition coefficient (Wildman–Crippen LogP) is 2.71. The van der Waals surface area contributed by atoms with Gasteiger partial charge < -0.3 is 15.5 Å². The lowest BCUT2D eigenvalue weighted by molar-refractivity contribution is -0.130. The summed E-state index contributed by atoms with van der Waals surface area (Å²) in [6, 6.07) is 0.805. The van der Waals surface area contributed by atoms with Gasteiger partial charge in [0.1, 0.15) is 0 Å². The van der Waals surface area contributed by atoms with Crippen molar-refractivity contribution >= 4 is 5.91 Å². The van der Waals surface area contributed by atoms with Crippen LogP contribution in [0.1, 0.15) is 81.1 Å². The van der Waals surface area contributed by atoms with Gasteiger partial charge in [-0.05, 0) is 81.1 Å². The van der Waals surface area contributed by atoms with Crippen LogP contribution < -0.4 is 10.6 Å². The molecular formula is C21H40N4O. The molecule has 3 aliphatic rings. The first-order valence-corrected chi connectivity index (χ1v) is 10.3. The van der Waals surface area contributed by atoms with Crippen LogP contribution in [0.2, 0.25) is 0 Å². The highest BCUT2D eigenvalue weighted by atomic mass is 16.2. The Balaban J connectivity index is 1.73. The summed E-state index contributed by atoms with van der Waals surface area (Å²) < 4.78 is 0. The lowest BCUT2D eigenvalue weighted by Crippen LogP contribution is -2.63. The van der Waals surface area contributed by atoms with Crippen LogP contribution in [0.4, 0.5) is 0 Å². The van der Waals surface area contributed by atoms with Crippen molar-refractivity contribution in [3.8, 4) is 0 Å². The summed E-state index contributed by atoms with van der Waals surface area (Å²) in [6.45, 7) is 19.6. The Morgan fingerprint density at radius 3 is 1.54 bits per heavy atom. The molecule has 0 atom stereocenters. The van der Waals surface area contributed by atoms with Crippen molar-refractivity contribution in [1.82, 2.24) is 20.4 Å². The van der Waals surface area contributed by atoms with Gasteiger partial charge in [-0.25, -0.2) is 0 Å². The second-order valence-electron chi connectivity index (χ2n) is 11.7. The first kappa shape index (κ1) is 20.1. The fourth-order valence-corrected chi connectivity index (χ4v) is 6.17. The molecule has 3 saturated heterocycles. The summed E-state index contributed by atoms with van der Waals surface area (Å²) in [5, 5.41) is 7.50. The Hall–Kier alpha value is -0.650. The fourth-order valence-electron chi connectivity index (χ4n) is 6.17. The number of hydrogen-bond donors (Lipinski definition) is 2. The molecule has 3 heterocycles. The zero-order valence-corrected chi connectivity index (χ0v) is 18.2. The number of hydrogen-bond acceptors (Lipinski definition) is 4. The summed E-state index contributed by atoms with van der Waals surface area (Å²) in [5.74, 6) is 0.317. The molecule has 26 heavy (non-hydrogen) atoms. The zero-order chi connectivity index (χ0) is 19.5. The third-order valence-corrected chi connectivity index (χ3v) is 6.29. The van der Waals surface area contributed by atoms with E-state index in [2.05, 4.69) is 75.8 Å². The largest absolute Gasteiger partial charge is 0.325 e. The van der Waals surface area contributed by atoms with E-state index in [0.717, 1.165) is 32.4 Å². The van der Waals surface area contributed by atoms with Crippen LogP contribution >= 0.6 is 0 Å². The second-order valence-corrected chi connectivity index (χ2v) is 11.7. The molecule has 0 bridgehead atoms. The van der Waals surface area contributed by atoms with Crippen molar-refractivity contribution in [2.45, 2.75) is 115 Å². The average Bonchev–Trinajstić information content (AvgIpc) is 2.73. The molecule has 1 amide bonds. The van der Waals surface area contributed by atoms with E-state index in [-0.39, 0.29) is 22.2 Å². The van der Waals surface area contributed by atoms with Crippen LogP contribution in [-0.4, -0.2) is 63.2 Å². The monoisotopic (exact) mass is 364 g/mol. The smallest absolute Gasteiger partial charge is 0.238 e. The van der Waals surface area contributed by atoms with Gasteiger partial charge in [-0.2, -0.15) is 0 Å². The molecule has 5 heteroatoms. The van der Waals surface area contributed by atoms with Crippen molar-refractivity contribution in [3.63, 3.8) is 0 Å². The zero-order valence-electron chi connectivity index (χ0n) is 18.2. The van der Waals surface area contributed by atoms with Gasteiger partial charge in [0, 0.05) is 34.2 Å². The van der Waals surface area contributed by atoms with E-state index in [1.807, 2.05) is 0 Å². The van der Waals surface area contributed by atoms with Gasteiger partial charge >= 0.3 is 0 Å². The van der Waals surface area contributed by atoms with E-state index in [1.165, 1.54) is 0 Å².